The van der Waals surface area contributed by atoms with E-state index >= 15 is 0 Å². The molecule has 0 spiro atoms. The lowest BCUT2D eigenvalue weighted by molar-refractivity contribution is -0.124. The third-order valence-electron chi connectivity index (χ3n) is 7.37. The zero-order chi connectivity index (χ0) is 24.9. The standard InChI is InChI=1S/C29H30N4O3/c34-28(33-36)16-7-19-1-3-20(4-2-19)17-21-5-8-22(9-6-21)23-10-12-24(13-11-23)29-30-26-15-14-25(32-35)18-27(26)31-29/h5-12,14-16,18-20,24,36H,1-4,13,17H2,(H,30,31)(H,33,34). The van der Waals surface area contributed by atoms with Gasteiger partial charge in [-0.15, -0.1) is 4.91 Å². The van der Waals surface area contributed by atoms with Crippen LogP contribution in [0.25, 0.3) is 16.6 Å². The SMILES string of the molecule is O=Nc1ccc2nc(C3C=CC(c4ccc(CC5CCC(C=CC(=O)NO)CC5)cc4)=CC3)[nH]c2c1. The average Bonchev–Trinajstić information content (AvgIpc) is 3.36. The number of benzene rings is 2. The van der Waals surface area contributed by atoms with Gasteiger partial charge in [0, 0.05) is 12.0 Å². The van der Waals surface area contributed by atoms with Gasteiger partial charge in [-0.25, -0.2) is 10.5 Å². The van der Waals surface area contributed by atoms with Gasteiger partial charge in [-0.2, -0.15) is 0 Å². The molecule has 0 bridgehead atoms. The van der Waals surface area contributed by atoms with Gasteiger partial charge in [0.2, 0.25) is 0 Å². The highest BCUT2D eigenvalue weighted by Crippen LogP contribution is 2.33. The van der Waals surface area contributed by atoms with Crippen LogP contribution in [0.15, 0.2) is 78.0 Å². The first-order valence-corrected chi connectivity index (χ1v) is 12.5. The van der Waals surface area contributed by atoms with Crippen molar-refractivity contribution in [2.24, 2.45) is 17.0 Å². The van der Waals surface area contributed by atoms with Gasteiger partial charge in [-0.05, 0) is 90.4 Å². The fourth-order valence-corrected chi connectivity index (χ4v) is 5.30. The second kappa shape index (κ2) is 10.8. The monoisotopic (exact) mass is 482 g/mol. The number of nitroso groups, excluding NO2 is 1. The van der Waals surface area contributed by atoms with E-state index in [-0.39, 0.29) is 5.92 Å². The fourth-order valence-electron chi connectivity index (χ4n) is 5.30. The molecule has 0 saturated heterocycles. The molecule has 0 radical (unpaired) electrons. The molecule has 1 heterocycles. The number of amides is 1. The van der Waals surface area contributed by atoms with Crippen molar-refractivity contribution in [2.45, 2.75) is 44.4 Å². The molecule has 2 aliphatic rings. The maximum atomic E-state index is 11.2. The summed E-state index contributed by atoms with van der Waals surface area (Å²) in [6.45, 7) is 0. The zero-order valence-corrected chi connectivity index (χ0v) is 20.1. The largest absolute Gasteiger partial charge is 0.341 e. The van der Waals surface area contributed by atoms with Crippen LogP contribution in [0.5, 0.6) is 0 Å². The van der Waals surface area contributed by atoms with Crippen molar-refractivity contribution in [1.29, 1.82) is 0 Å². The van der Waals surface area contributed by atoms with Gasteiger partial charge in [0.25, 0.3) is 5.91 Å². The molecule has 36 heavy (non-hydrogen) atoms. The number of rotatable bonds is 7. The van der Waals surface area contributed by atoms with E-state index in [0.717, 1.165) is 55.4 Å². The molecule has 1 fully saturated rings. The summed E-state index contributed by atoms with van der Waals surface area (Å²) < 4.78 is 0. The first-order valence-electron chi connectivity index (χ1n) is 12.5. The quantitative estimate of drug-likeness (QED) is 0.155. The molecule has 0 aliphatic heterocycles. The summed E-state index contributed by atoms with van der Waals surface area (Å²) in [5.74, 6) is 1.70. The van der Waals surface area contributed by atoms with Crippen LogP contribution >= 0.6 is 0 Å². The van der Waals surface area contributed by atoms with E-state index in [0.29, 0.717) is 17.5 Å². The third kappa shape index (κ3) is 5.52. The Bertz CT molecular complexity index is 1330. The molecule has 7 nitrogen and oxygen atoms in total. The molecular formula is C29H30N4O3. The van der Waals surface area contributed by atoms with E-state index in [4.69, 9.17) is 10.2 Å². The lowest BCUT2D eigenvalue weighted by atomic mass is 9.79. The number of H-pyrrole nitrogens is 1. The van der Waals surface area contributed by atoms with Gasteiger partial charge in [0.05, 0.1) is 11.0 Å². The van der Waals surface area contributed by atoms with Crippen LogP contribution in [0.1, 0.15) is 55.0 Å². The predicted octanol–water partition coefficient (Wildman–Crippen LogP) is 6.50. The van der Waals surface area contributed by atoms with E-state index in [1.165, 1.54) is 22.8 Å². The number of carbonyl (C=O) groups is 1. The first-order chi connectivity index (χ1) is 17.6. The summed E-state index contributed by atoms with van der Waals surface area (Å²) in [4.78, 5) is 30.0. The van der Waals surface area contributed by atoms with Gasteiger partial charge in [0.15, 0.2) is 0 Å². The number of nitrogens with zero attached hydrogens (tertiary/aromatic N) is 2. The highest BCUT2D eigenvalue weighted by molar-refractivity contribution is 5.86. The average molecular weight is 483 g/mol. The Kier molecular flexibility index (Phi) is 7.18. The molecule has 7 heteroatoms. The Balaban J connectivity index is 1.15. The number of allylic oxidation sites excluding steroid dienone is 5. The first kappa shape index (κ1) is 23.9. The maximum Gasteiger partial charge on any atom is 0.267 e. The predicted molar refractivity (Wildman–Crippen MR) is 141 cm³/mol. The summed E-state index contributed by atoms with van der Waals surface area (Å²) in [5.41, 5.74) is 7.52. The van der Waals surface area contributed by atoms with Gasteiger partial charge in [-0.1, -0.05) is 48.6 Å². The van der Waals surface area contributed by atoms with Gasteiger partial charge < -0.3 is 4.98 Å². The summed E-state index contributed by atoms with van der Waals surface area (Å²) in [5, 5.41) is 11.6. The Morgan fingerprint density at radius 2 is 1.94 bits per heavy atom. The highest BCUT2D eigenvalue weighted by Gasteiger charge is 2.20. The van der Waals surface area contributed by atoms with Crippen molar-refractivity contribution < 1.29 is 10.0 Å². The van der Waals surface area contributed by atoms with E-state index < -0.39 is 5.91 Å². The number of aromatic nitrogens is 2. The molecule has 1 aromatic heterocycles. The number of imidazole rings is 1. The van der Waals surface area contributed by atoms with Gasteiger partial charge in [-0.3, -0.25) is 10.0 Å². The van der Waals surface area contributed by atoms with Crippen molar-refractivity contribution in [3.8, 4) is 0 Å². The van der Waals surface area contributed by atoms with Crippen molar-refractivity contribution in [3.63, 3.8) is 0 Å². The molecule has 3 aromatic rings. The van der Waals surface area contributed by atoms with Crippen LogP contribution in [0, 0.1) is 16.7 Å². The lowest BCUT2D eigenvalue weighted by Gasteiger charge is -2.26. The van der Waals surface area contributed by atoms with Gasteiger partial charge in [0.1, 0.15) is 11.5 Å². The molecule has 1 amide bonds. The fraction of sp³-hybridized carbons (Fsp3) is 0.310. The normalized spacial score (nSPS) is 22.0. The van der Waals surface area contributed by atoms with Crippen LogP contribution in [-0.4, -0.2) is 21.1 Å². The number of aromatic amines is 1. The van der Waals surface area contributed by atoms with Crippen molar-refractivity contribution in [2.75, 3.05) is 0 Å². The van der Waals surface area contributed by atoms with Crippen LogP contribution in [0.2, 0.25) is 0 Å². The summed E-state index contributed by atoms with van der Waals surface area (Å²) >= 11 is 0. The topological polar surface area (TPSA) is 107 Å². The summed E-state index contributed by atoms with van der Waals surface area (Å²) in [6.07, 6.45) is 16.4. The number of nitrogens with one attached hydrogen (secondary N) is 2. The Hall–Kier alpha value is -3.84. The summed E-state index contributed by atoms with van der Waals surface area (Å²) in [6, 6.07) is 14.1. The van der Waals surface area contributed by atoms with Crippen LogP contribution in [-0.2, 0) is 11.2 Å². The maximum absolute atomic E-state index is 11.2. The van der Waals surface area contributed by atoms with Crippen LogP contribution in [0.3, 0.4) is 0 Å². The van der Waals surface area contributed by atoms with Gasteiger partial charge >= 0.3 is 0 Å². The highest BCUT2D eigenvalue weighted by atomic mass is 16.5. The van der Waals surface area contributed by atoms with E-state index in [9.17, 15) is 9.70 Å². The number of fused-ring (bicyclic) bond motifs is 1. The minimum Gasteiger partial charge on any atom is -0.341 e. The Labute approximate surface area is 210 Å². The molecule has 1 atom stereocenters. The van der Waals surface area contributed by atoms with E-state index in [1.807, 2.05) is 12.1 Å². The van der Waals surface area contributed by atoms with Crippen LogP contribution < -0.4 is 5.48 Å². The Morgan fingerprint density at radius 3 is 2.64 bits per heavy atom. The number of hydroxylamine groups is 1. The molecule has 3 N–H and O–H groups in total. The minimum absolute atomic E-state index is 0.177. The molecule has 2 aliphatic carbocycles. The molecule has 1 saturated carbocycles. The van der Waals surface area contributed by atoms with E-state index in [2.05, 4.69) is 52.7 Å². The number of hydrogen-bond acceptors (Lipinski definition) is 5. The molecule has 1 unspecified atom stereocenters. The smallest absolute Gasteiger partial charge is 0.267 e. The van der Waals surface area contributed by atoms with Crippen LogP contribution in [0.4, 0.5) is 5.69 Å². The lowest BCUT2D eigenvalue weighted by Crippen LogP contribution is -2.18. The second-order valence-corrected chi connectivity index (χ2v) is 9.79. The third-order valence-corrected chi connectivity index (χ3v) is 7.37. The zero-order valence-electron chi connectivity index (χ0n) is 20.1. The van der Waals surface area contributed by atoms with Crippen molar-refractivity contribution in [1.82, 2.24) is 15.4 Å². The second-order valence-electron chi connectivity index (χ2n) is 9.79. The Morgan fingerprint density at radius 1 is 1.14 bits per heavy atom. The van der Waals surface area contributed by atoms with Crippen molar-refractivity contribution in [3.05, 3.63) is 94.7 Å². The molecular weight excluding hydrogens is 452 g/mol. The number of carbonyl (C=O) groups excluding carboxylic acids is 1. The molecule has 184 valence electrons. The minimum atomic E-state index is -0.461. The number of hydrogen-bond donors (Lipinski definition) is 3. The van der Waals surface area contributed by atoms with Crippen molar-refractivity contribution >= 4 is 28.2 Å². The molecule has 5 rings (SSSR count). The summed E-state index contributed by atoms with van der Waals surface area (Å²) in [7, 11) is 0. The van der Waals surface area contributed by atoms with E-state index in [1.54, 1.807) is 17.6 Å². The molecule has 2 aromatic carbocycles.